The highest BCUT2D eigenvalue weighted by molar-refractivity contribution is 6.37. The molecule has 1 unspecified atom stereocenters. The second-order valence-electron chi connectivity index (χ2n) is 3.74. The first-order valence-corrected chi connectivity index (χ1v) is 5.39. The molecule has 1 N–H and O–H groups in total. The van der Waals surface area contributed by atoms with E-state index in [0.29, 0.717) is 10.5 Å². The first kappa shape index (κ1) is 12.5. The van der Waals surface area contributed by atoms with Crippen LogP contribution in [0, 0.1) is 6.92 Å². The van der Waals surface area contributed by atoms with Gasteiger partial charge in [-0.1, -0.05) is 23.7 Å². The van der Waals surface area contributed by atoms with Crippen molar-refractivity contribution in [2.45, 2.75) is 13.1 Å². The van der Waals surface area contributed by atoms with Crippen LogP contribution in [0.5, 0.6) is 0 Å². The van der Waals surface area contributed by atoms with E-state index in [1.54, 1.807) is 24.4 Å². The van der Waals surface area contributed by atoms with E-state index in [9.17, 15) is 18.8 Å². The number of carbonyl (C=O) groups excluding carboxylic acids is 3. The monoisotopic (exact) mass is 270 g/mol. The molecule has 0 aliphatic carbocycles. The number of aryl methyl sites for hydroxylation is 1. The van der Waals surface area contributed by atoms with Crippen molar-refractivity contribution in [2.75, 3.05) is 4.90 Å². The topological polar surface area (TPSA) is 66.5 Å². The number of urea groups is 1. The van der Waals surface area contributed by atoms with Crippen LogP contribution in [-0.4, -0.2) is 24.0 Å². The van der Waals surface area contributed by atoms with Crippen molar-refractivity contribution in [3.63, 3.8) is 0 Å². The second kappa shape index (κ2) is 4.38. The Kier molecular flexibility index (Phi) is 3.04. The summed E-state index contributed by atoms with van der Waals surface area (Å²) in [5, 5.41) is 1.90. The number of halogens is 2. The third-order valence-electron chi connectivity index (χ3n) is 2.51. The molecule has 0 saturated carbocycles. The predicted octanol–water partition coefficient (Wildman–Crippen LogP) is 1.57. The molecule has 1 saturated heterocycles. The van der Waals surface area contributed by atoms with Gasteiger partial charge in [0, 0.05) is 0 Å². The maximum absolute atomic E-state index is 13.3. The van der Waals surface area contributed by atoms with Crippen LogP contribution < -0.4 is 10.2 Å². The molecule has 1 aliphatic rings. The molecule has 0 bridgehead atoms. The lowest BCUT2D eigenvalue weighted by atomic mass is 10.1. The molecule has 18 heavy (non-hydrogen) atoms. The summed E-state index contributed by atoms with van der Waals surface area (Å²) in [5.74, 6) is -2.50. The van der Waals surface area contributed by atoms with Crippen LogP contribution in [0.1, 0.15) is 5.56 Å². The maximum atomic E-state index is 13.3. The minimum Gasteiger partial charge on any atom is -0.274 e. The zero-order chi connectivity index (χ0) is 13.4. The molecular formula is C11H8ClFN2O3. The van der Waals surface area contributed by atoms with Crippen LogP contribution in [-0.2, 0) is 9.59 Å². The number of hydrogen-bond donors (Lipinski definition) is 1. The highest BCUT2D eigenvalue weighted by Gasteiger charge is 2.42. The third-order valence-corrected chi connectivity index (χ3v) is 3.00. The standard InChI is InChI=1S/C11H8ClFN2O3/c1-5-3-2-4-6(7(5)12)15-10(17)8(13)9(16)14-11(15)18/h2-4,8H,1H3,(H,14,16,18). The van der Waals surface area contributed by atoms with Gasteiger partial charge in [0.25, 0.3) is 18.0 Å². The van der Waals surface area contributed by atoms with Crippen molar-refractivity contribution in [3.05, 3.63) is 28.8 Å². The summed E-state index contributed by atoms with van der Waals surface area (Å²) < 4.78 is 13.3. The van der Waals surface area contributed by atoms with Gasteiger partial charge in [0.2, 0.25) is 0 Å². The fourth-order valence-electron chi connectivity index (χ4n) is 1.58. The van der Waals surface area contributed by atoms with Gasteiger partial charge in [0.05, 0.1) is 10.7 Å². The molecule has 0 radical (unpaired) electrons. The molecule has 2 rings (SSSR count). The number of benzene rings is 1. The molecule has 0 aromatic heterocycles. The van der Waals surface area contributed by atoms with Crippen LogP contribution >= 0.6 is 11.6 Å². The number of alkyl halides is 1. The van der Waals surface area contributed by atoms with Gasteiger partial charge in [-0.15, -0.1) is 0 Å². The Morgan fingerprint density at radius 1 is 1.33 bits per heavy atom. The summed E-state index contributed by atoms with van der Waals surface area (Å²) in [4.78, 5) is 34.7. The molecule has 1 heterocycles. The normalized spacial score (nSPS) is 20.1. The van der Waals surface area contributed by atoms with Crippen molar-refractivity contribution in [3.8, 4) is 0 Å². The third kappa shape index (κ3) is 1.84. The van der Waals surface area contributed by atoms with Crippen LogP contribution in [0.15, 0.2) is 18.2 Å². The SMILES string of the molecule is Cc1cccc(N2C(=O)NC(=O)C(F)C2=O)c1Cl. The zero-order valence-corrected chi connectivity index (χ0v) is 9.99. The Morgan fingerprint density at radius 2 is 2.00 bits per heavy atom. The number of nitrogens with one attached hydrogen (secondary N) is 1. The van der Waals surface area contributed by atoms with E-state index in [1.807, 2.05) is 0 Å². The van der Waals surface area contributed by atoms with E-state index in [1.165, 1.54) is 6.07 Å². The van der Waals surface area contributed by atoms with Crippen molar-refractivity contribution in [2.24, 2.45) is 0 Å². The lowest BCUT2D eigenvalue weighted by molar-refractivity contribution is -0.135. The van der Waals surface area contributed by atoms with Crippen molar-refractivity contribution in [1.82, 2.24) is 5.32 Å². The van der Waals surface area contributed by atoms with Crippen LogP contribution in [0.2, 0.25) is 5.02 Å². The van der Waals surface area contributed by atoms with E-state index >= 15 is 0 Å². The van der Waals surface area contributed by atoms with Crippen LogP contribution in [0.25, 0.3) is 0 Å². The van der Waals surface area contributed by atoms with Crippen molar-refractivity contribution in [1.29, 1.82) is 0 Å². The first-order chi connectivity index (χ1) is 8.43. The molecule has 1 fully saturated rings. The summed E-state index contributed by atoms with van der Waals surface area (Å²) in [6.07, 6.45) is -2.40. The minimum atomic E-state index is -2.40. The average Bonchev–Trinajstić information content (AvgIpc) is 2.32. The quantitative estimate of drug-likeness (QED) is 0.788. The molecule has 4 amide bonds. The Hall–Kier alpha value is -1.95. The smallest absolute Gasteiger partial charge is 0.274 e. The number of hydrogen-bond acceptors (Lipinski definition) is 3. The minimum absolute atomic E-state index is 0.0503. The largest absolute Gasteiger partial charge is 0.335 e. The van der Waals surface area contributed by atoms with Gasteiger partial charge in [-0.3, -0.25) is 14.9 Å². The number of rotatable bonds is 1. The van der Waals surface area contributed by atoms with Crippen LogP contribution in [0.4, 0.5) is 14.9 Å². The first-order valence-electron chi connectivity index (χ1n) is 5.01. The molecule has 94 valence electrons. The van der Waals surface area contributed by atoms with E-state index in [-0.39, 0.29) is 10.7 Å². The van der Waals surface area contributed by atoms with Crippen molar-refractivity contribution >= 4 is 35.1 Å². The average molecular weight is 271 g/mol. The van der Waals surface area contributed by atoms with Gasteiger partial charge in [0.1, 0.15) is 0 Å². The fourth-order valence-corrected chi connectivity index (χ4v) is 1.79. The molecule has 1 aromatic carbocycles. The number of anilines is 1. The number of imide groups is 2. The van der Waals surface area contributed by atoms with E-state index in [4.69, 9.17) is 11.6 Å². The summed E-state index contributed by atoms with van der Waals surface area (Å²) in [7, 11) is 0. The molecule has 1 aliphatic heterocycles. The molecule has 5 nitrogen and oxygen atoms in total. The Balaban J connectivity index is 2.49. The summed E-state index contributed by atoms with van der Waals surface area (Å²) in [6, 6.07) is 3.64. The fraction of sp³-hybridized carbons (Fsp3) is 0.182. The molecule has 0 spiro atoms. The lowest BCUT2D eigenvalue weighted by Crippen LogP contribution is -2.59. The van der Waals surface area contributed by atoms with Crippen molar-refractivity contribution < 1.29 is 18.8 Å². The van der Waals surface area contributed by atoms with E-state index < -0.39 is 24.0 Å². The number of carbonyl (C=O) groups is 3. The van der Waals surface area contributed by atoms with Crippen LogP contribution in [0.3, 0.4) is 0 Å². The Labute approximate surface area is 107 Å². The number of barbiturate groups is 1. The highest BCUT2D eigenvalue weighted by atomic mass is 35.5. The van der Waals surface area contributed by atoms with Gasteiger partial charge < -0.3 is 0 Å². The second-order valence-corrected chi connectivity index (χ2v) is 4.12. The number of nitrogens with zero attached hydrogens (tertiary/aromatic N) is 1. The zero-order valence-electron chi connectivity index (χ0n) is 9.24. The molecular weight excluding hydrogens is 263 g/mol. The maximum Gasteiger partial charge on any atom is 0.335 e. The van der Waals surface area contributed by atoms with E-state index in [2.05, 4.69) is 0 Å². The Morgan fingerprint density at radius 3 is 2.67 bits per heavy atom. The van der Waals surface area contributed by atoms with Gasteiger partial charge >= 0.3 is 6.03 Å². The Bertz CT molecular complexity index is 561. The number of amides is 4. The van der Waals surface area contributed by atoms with Gasteiger partial charge in [-0.25, -0.2) is 14.1 Å². The molecule has 1 aromatic rings. The predicted molar refractivity (Wildman–Crippen MR) is 62.1 cm³/mol. The molecule has 7 heteroatoms. The summed E-state index contributed by atoms with van der Waals surface area (Å²) in [6.45, 7) is 1.68. The summed E-state index contributed by atoms with van der Waals surface area (Å²) >= 11 is 5.96. The summed E-state index contributed by atoms with van der Waals surface area (Å²) in [5.41, 5.74) is 0.677. The highest BCUT2D eigenvalue weighted by Crippen LogP contribution is 2.30. The van der Waals surface area contributed by atoms with Gasteiger partial charge in [0.15, 0.2) is 0 Å². The van der Waals surface area contributed by atoms with Gasteiger partial charge in [-0.05, 0) is 18.6 Å². The van der Waals surface area contributed by atoms with E-state index in [0.717, 1.165) is 0 Å². The van der Waals surface area contributed by atoms with Gasteiger partial charge in [-0.2, -0.15) is 0 Å². The lowest BCUT2D eigenvalue weighted by Gasteiger charge is -2.27. The molecule has 1 atom stereocenters.